The number of aromatic nitrogens is 4. The molecule has 0 amide bonds. The van der Waals surface area contributed by atoms with Gasteiger partial charge in [0.05, 0.1) is 5.52 Å². The summed E-state index contributed by atoms with van der Waals surface area (Å²) in [5, 5.41) is 9.25. The minimum Gasteiger partial charge on any atom is -0.411 e. The third-order valence-corrected chi connectivity index (χ3v) is 4.30. The monoisotopic (exact) mass is 338 g/mol. The second-order valence-corrected chi connectivity index (χ2v) is 5.96. The van der Waals surface area contributed by atoms with Crippen molar-refractivity contribution in [2.24, 2.45) is 0 Å². The van der Waals surface area contributed by atoms with E-state index in [1.807, 2.05) is 6.07 Å². The summed E-state index contributed by atoms with van der Waals surface area (Å²) in [4.78, 5) is 8.29. The molecule has 3 aromatic heterocycles. The molecule has 0 saturated heterocycles. The Kier molecular flexibility index (Phi) is 3.92. The zero-order valence-electron chi connectivity index (χ0n) is 12.4. The number of nitrogens with zero attached hydrogens (tertiary/aromatic N) is 4. The summed E-state index contributed by atoms with van der Waals surface area (Å²) in [5.74, 6) is 0.639. The highest BCUT2D eigenvalue weighted by atomic mass is 32.2. The molecule has 0 spiro atoms. The summed E-state index contributed by atoms with van der Waals surface area (Å²) in [6.45, 7) is 0. The van der Waals surface area contributed by atoms with Gasteiger partial charge >= 0.3 is 0 Å². The predicted molar refractivity (Wildman–Crippen MR) is 88.8 cm³/mol. The number of pyridine rings is 2. The zero-order valence-corrected chi connectivity index (χ0v) is 13.2. The first-order valence-electron chi connectivity index (χ1n) is 7.19. The van der Waals surface area contributed by atoms with Crippen molar-refractivity contribution < 1.29 is 8.81 Å². The summed E-state index contributed by atoms with van der Waals surface area (Å²) in [7, 11) is 0. The van der Waals surface area contributed by atoms with Gasteiger partial charge in [0.2, 0.25) is 5.89 Å². The lowest BCUT2D eigenvalue weighted by molar-refractivity contribution is 0.466. The van der Waals surface area contributed by atoms with Crippen LogP contribution in [0.4, 0.5) is 4.39 Å². The Balaban J connectivity index is 1.57. The SMILES string of the molecule is Fc1cc(CSc2nnc(-c3ccncc3)o2)c2ncccc2c1. The second kappa shape index (κ2) is 6.37. The number of hydrogen-bond donors (Lipinski definition) is 0. The average molecular weight is 338 g/mol. The van der Waals surface area contributed by atoms with Gasteiger partial charge in [-0.25, -0.2) is 4.39 Å². The quantitative estimate of drug-likeness (QED) is 0.522. The Bertz CT molecular complexity index is 990. The molecule has 1 aromatic carbocycles. The van der Waals surface area contributed by atoms with Gasteiger partial charge in [0.15, 0.2) is 0 Å². The fourth-order valence-electron chi connectivity index (χ4n) is 2.36. The normalized spacial score (nSPS) is 11.0. The Labute approximate surface area is 141 Å². The maximum absolute atomic E-state index is 13.8. The van der Waals surface area contributed by atoms with Crippen molar-refractivity contribution >= 4 is 22.7 Å². The molecule has 24 heavy (non-hydrogen) atoms. The third kappa shape index (κ3) is 2.98. The van der Waals surface area contributed by atoms with Crippen LogP contribution in [0.1, 0.15) is 5.56 Å². The molecule has 0 N–H and O–H groups in total. The van der Waals surface area contributed by atoms with E-state index in [0.717, 1.165) is 22.0 Å². The van der Waals surface area contributed by atoms with Gasteiger partial charge in [-0.1, -0.05) is 17.8 Å². The molecule has 0 unspecified atom stereocenters. The molecule has 0 aliphatic carbocycles. The van der Waals surface area contributed by atoms with E-state index in [0.29, 0.717) is 16.9 Å². The van der Waals surface area contributed by atoms with Crippen LogP contribution in [0.15, 0.2) is 64.6 Å². The van der Waals surface area contributed by atoms with Crippen LogP contribution in [-0.4, -0.2) is 20.2 Å². The summed E-state index contributed by atoms with van der Waals surface area (Å²) in [6, 6.07) is 10.2. The Hall–Kier alpha value is -2.80. The van der Waals surface area contributed by atoms with Gasteiger partial charge in [-0.2, -0.15) is 0 Å². The van der Waals surface area contributed by atoms with E-state index in [1.54, 1.807) is 36.8 Å². The predicted octanol–water partition coefficient (Wildman–Crippen LogP) is 4.11. The highest BCUT2D eigenvalue weighted by molar-refractivity contribution is 7.98. The first kappa shape index (κ1) is 14.8. The van der Waals surface area contributed by atoms with Gasteiger partial charge in [-0.3, -0.25) is 9.97 Å². The smallest absolute Gasteiger partial charge is 0.277 e. The molecule has 3 heterocycles. The summed E-state index contributed by atoms with van der Waals surface area (Å²) in [5.41, 5.74) is 2.38. The average Bonchev–Trinajstić information content (AvgIpc) is 3.09. The molecule has 4 aromatic rings. The molecular formula is C17H11FN4OS. The Morgan fingerprint density at radius 1 is 1.04 bits per heavy atom. The fraction of sp³-hybridized carbons (Fsp3) is 0.0588. The lowest BCUT2D eigenvalue weighted by Crippen LogP contribution is -1.89. The molecule has 0 bridgehead atoms. The number of rotatable bonds is 4. The van der Waals surface area contributed by atoms with Crippen molar-refractivity contribution in [1.29, 1.82) is 0 Å². The van der Waals surface area contributed by atoms with Crippen molar-refractivity contribution in [2.45, 2.75) is 11.0 Å². The van der Waals surface area contributed by atoms with Crippen LogP contribution < -0.4 is 0 Å². The minimum absolute atomic E-state index is 0.283. The lowest BCUT2D eigenvalue weighted by Gasteiger charge is -2.04. The van der Waals surface area contributed by atoms with Crippen LogP contribution >= 0.6 is 11.8 Å². The minimum atomic E-state index is -0.283. The van der Waals surface area contributed by atoms with Crippen LogP contribution in [0.25, 0.3) is 22.4 Å². The molecular weight excluding hydrogens is 327 g/mol. The largest absolute Gasteiger partial charge is 0.411 e. The maximum Gasteiger partial charge on any atom is 0.277 e. The highest BCUT2D eigenvalue weighted by Gasteiger charge is 2.11. The molecule has 4 rings (SSSR count). The van der Waals surface area contributed by atoms with Crippen molar-refractivity contribution in [1.82, 2.24) is 20.2 Å². The number of hydrogen-bond acceptors (Lipinski definition) is 6. The molecule has 0 atom stereocenters. The highest BCUT2D eigenvalue weighted by Crippen LogP contribution is 2.28. The van der Waals surface area contributed by atoms with E-state index in [1.165, 1.54) is 23.9 Å². The molecule has 0 fully saturated rings. The van der Waals surface area contributed by atoms with Crippen molar-refractivity contribution in [3.05, 3.63) is 66.4 Å². The van der Waals surface area contributed by atoms with Gasteiger partial charge in [-0.15, -0.1) is 10.2 Å². The summed E-state index contributed by atoms with van der Waals surface area (Å²) >= 11 is 1.35. The molecule has 0 aliphatic heterocycles. The molecule has 5 nitrogen and oxygen atoms in total. The first-order chi connectivity index (χ1) is 11.8. The molecule has 7 heteroatoms. The van der Waals surface area contributed by atoms with E-state index < -0.39 is 0 Å². The van der Waals surface area contributed by atoms with Gasteiger partial charge < -0.3 is 4.42 Å². The number of benzene rings is 1. The van der Waals surface area contributed by atoms with E-state index in [9.17, 15) is 4.39 Å². The van der Waals surface area contributed by atoms with Gasteiger partial charge in [0.25, 0.3) is 5.22 Å². The van der Waals surface area contributed by atoms with Crippen LogP contribution in [-0.2, 0) is 5.75 Å². The van der Waals surface area contributed by atoms with E-state index >= 15 is 0 Å². The van der Waals surface area contributed by atoms with Crippen molar-refractivity contribution in [3.8, 4) is 11.5 Å². The van der Waals surface area contributed by atoms with Crippen LogP contribution in [0.2, 0.25) is 0 Å². The van der Waals surface area contributed by atoms with E-state index in [-0.39, 0.29) is 5.82 Å². The van der Waals surface area contributed by atoms with Crippen LogP contribution in [0.3, 0.4) is 0 Å². The Morgan fingerprint density at radius 2 is 1.92 bits per heavy atom. The topological polar surface area (TPSA) is 64.7 Å². The molecule has 0 aliphatic rings. The van der Waals surface area contributed by atoms with Crippen molar-refractivity contribution in [3.63, 3.8) is 0 Å². The van der Waals surface area contributed by atoms with Gasteiger partial charge in [0.1, 0.15) is 5.82 Å². The molecule has 118 valence electrons. The third-order valence-electron chi connectivity index (χ3n) is 3.43. The summed E-state index contributed by atoms with van der Waals surface area (Å²) < 4.78 is 19.4. The number of halogens is 1. The lowest BCUT2D eigenvalue weighted by atomic mass is 10.1. The van der Waals surface area contributed by atoms with Crippen LogP contribution in [0.5, 0.6) is 0 Å². The van der Waals surface area contributed by atoms with Gasteiger partial charge in [0, 0.05) is 35.3 Å². The first-order valence-corrected chi connectivity index (χ1v) is 8.18. The Morgan fingerprint density at radius 3 is 2.79 bits per heavy atom. The molecule has 0 radical (unpaired) electrons. The number of fused-ring (bicyclic) bond motifs is 1. The fourth-order valence-corrected chi connectivity index (χ4v) is 3.09. The van der Waals surface area contributed by atoms with Crippen LogP contribution in [0, 0.1) is 5.82 Å². The molecule has 0 saturated carbocycles. The van der Waals surface area contributed by atoms with E-state index in [2.05, 4.69) is 20.2 Å². The number of thioether (sulfide) groups is 1. The van der Waals surface area contributed by atoms with E-state index in [4.69, 9.17) is 4.42 Å². The zero-order chi connectivity index (χ0) is 16.4. The van der Waals surface area contributed by atoms with Gasteiger partial charge in [-0.05, 0) is 35.9 Å². The standard InChI is InChI=1S/C17H11FN4OS/c18-14-8-12-2-1-5-20-15(12)13(9-14)10-24-17-22-21-16(23-17)11-3-6-19-7-4-11/h1-9H,10H2. The summed E-state index contributed by atoms with van der Waals surface area (Å²) in [6.07, 6.45) is 5.02. The maximum atomic E-state index is 13.8. The second-order valence-electron chi connectivity index (χ2n) is 5.04. The van der Waals surface area contributed by atoms with Crippen molar-refractivity contribution in [2.75, 3.05) is 0 Å².